The van der Waals surface area contributed by atoms with Crippen LogP contribution < -0.4 is 5.32 Å². The molecule has 0 fully saturated rings. The van der Waals surface area contributed by atoms with E-state index in [0.717, 1.165) is 24.2 Å². The number of benzene rings is 1. The van der Waals surface area contributed by atoms with E-state index >= 15 is 0 Å². The normalized spacial score (nSPS) is 13.4. The molecule has 0 saturated carbocycles. The average molecular weight is 290 g/mol. The van der Waals surface area contributed by atoms with Crippen LogP contribution in [0.25, 0.3) is 0 Å². The van der Waals surface area contributed by atoms with Gasteiger partial charge in [0.25, 0.3) is 0 Å². The highest BCUT2D eigenvalue weighted by Gasteiger charge is 2.18. The molecule has 0 saturated heterocycles. The van der Waals surface area contributed by atoms with E-state index in [2.05, 4.69) is 36.4 Å². The highest BCUT2D eigenvalue weighted by Crippen LogP contribution is 2.21. The van der Waals surface area contributed by atoms with Crippen LogP contribution in [0.1, 0.15) is 37.9 Å². The van der Waals surface area contributed by atoms with Crippen LogP contribution in [-0.4, -0.2) is 27.1 Å². The number of hydrogen-bond acceptors (Lipinski definition) is 3. The minimum absolute atomic E-state index is 0.0423. The van der Waals surface area contributed by atoms with Crippen molar-refractivity contribution in [3.8, 4) is 0 Å². The van der Waals surface area contributed by atoms with Crippen molar-refractivity contribution >= 4 is 0 Å². The van der Waals surface area contributed by atoms with E-state index in [0.29, 0.717) is 0 Å². The number of hydrogen-bond donors (Lipinski definition) is 1. The highest BCUT2D eigenvalue weighted by molar-refractivity contribution is 5.22. The second kappa shape index (κ2) is 6.35. The summed E-state index contributed by atoms with van der Waals surface area (Å²) in [6, 6.07) is 6.72. The van der Waals surface area contributed by atoms with Crippen molar-refractivity contribution in [2.75, 3.05) is 6.54 Å². The first-order valence-corrected chi connectivity index (χ1v) is 7.19. The Morgan fingerprint density at radius 1 is 1.24 bits per heavy atom. The number of rotatable bonds is 5. The van der Waals surface area contributed by atoms with Crippen molar-refractivity contribution in [1.82, 2.24) is 20.3 Å². The van der Waals surface area contributed by atoms with Crippen LogP contribution in [0.3, 0.4) is 0 Å². The van der Waals surface area contributed by atoms with Crippen LogP contribution in [0.15, 0.2) is 30.5 Å². The van der Waals surface area contributed by atoms with Gasteiger partial charge in [-0.25, -0.2) is 4.39 Å². The quantitative estimate of drug-likeness (QED) is 0.920. The Hall–Kier alpha value is -1.75. The highest BCUT2D eigenvalue weighted by atomic mass is 19.1. The van der Waals surface area contributed by atoms with Gasteiger partial charge < -0.3 is 5.32 Å². The zero-order valence-corrected chi connectivity index (χ0v) is 13.1. The molecule has 21 heavy (non-hydrogen) atoms. The van der Waals surface area contributed by atoms with Gasteiger partial charge >= 0.3 is 0 Å². The lowest BCUT2D eigenvalue weighted by Crippen LogP contribution is -2.39. The Kier molecular flexibility index (Phi) is 4.73. The van der Waals surface area contributed by atoms with Gasteiger partial charge in [-0.3, -0.25) is 4.68 Å². The van der Waals surface area contributed by atoms with Crippen LogP contribution in [0.5, 0.6) is 0 Å². The van der Waals surface area contributed by atoms with E-state index in [1.807, 2.05) is 25.4 Å². The molecule has 0 aliphatic rings. The summed E-state index contributed by atoms with van der Waals surface area (Å²) in [6.07, 6.45) is 2.70. The van der Waals surface area contributed by atoms with E-state index in [4.69, 9.17) is 0 Å². The van der Waals surface area contributed by atoms with E-state index in [1.54, 1.807) is 4.68 Å². The third-order valence-electron chi connectivity index (χ3n) is 3.33. The lowest BCUT2D eigenvalue weighted by atomic mass is 9.93. The number of nitrogens with zero attached hydrogens (tertiary/aromatic N) is 3. The number of halogens is 1. The zero-order valence-electron chi connectivity index (χ0n) is 13.1. The maximum atomic E-state index is 13.1. The van der Waals surface area contributed by atoms with Crippen molar-refractivity contribution in [3.63, 3.8) is 0 Å². The molecule has 2 rings (SSSR count). The van der Waals surface area contributed by atoms with Gasteiger partial charge in [0.05, 0.1) is 5.69 Å². The summed E-state index contributed by atoms with van der Waals surface area (Å²) in [6.45, 7) is 7.22. The third kappa shape index (κ3) is 4.93. The largest absolute Gasteiger partial charge is 0.311 e. The Labute approximate surface area is 125 Å². The molecule has 1 N–H and O–H groups in total. The molecular formula is C16H23FN4. The fraction of sp³-hybridized carbons (Fsp3) is 0.500. The fourth-order valence-corrected chi connectivity index (χ4v) is 2.21. The molecule has 5 heteroatoms. The lowest BCUT2D eigenvalue weighted by molar-refractivity contribution is 0.404. The minimum Gasteiger partial charge on any atom is -0.311 e. The summed E-state index contributed by atoms with van der Waals surface area (Å²) in [5.74, 6) is 0.0299. The van der Waals surface area contributed by atoms with Gasteiger partial charge in [0, 0.05) is 37.7 Å². The van der Waals surface area contributed by atoms with Gasteiger partial charge in [-0.05, 0) is 38.5 Å². The summed E-state index contributed by atoms with van der Waals surface area (Å²) in [5, 5.41) is 11.6. The van der Waals surface area contributed by atoms with Crippen molar-refractivity contribution in [2.24, 2.45) is 7.05 Å². The number of aromatic nitrogens is 3. The smallest absolute Gasteiger partial charge is 0.123 e. The second-order valence-corrected chi connectivity index (χ2v) is 6.47. The van der Waals surface area contributed by atoms with Crippen LogP contribution in [0, 0.1) is 5.82 Å². The molecule has 1 atom stereocenters. The Bertz CT molecular complexity index is 569. The first kappa shape index (κ1) is 15.6. The van der Waals surface area contributed by atoms with Crippen molar-refractivity contribution in [1.29, 1.82) is 0 Å². The molecule has 4 nitrogen and oxygen atoms in total. The SMILES string of the molecule is Cn1cc(CC(CNC(C)(C)C)c2ccc(F)cc2)nn1. The van der Waals surface area contributed by atoms with Crippen LogP contribution in [0.2, 0.25) is 0 Å². The number of aryl methyl sites for hydroxylation is 1. The summed E-state index contributed by atoms with van der Waals surface area (Å²) in [4.78, 5) is 0. The molecule has 0 bridgehead atoms. The molecule has 1 heterocycles. The first-order valence-electron chi connectivity index (χ1n) is 7.19. The Morgan fingerprint density at radius 3 is 2.43 bits per heavy atom. The van der Waals surface area contributed by atoms with Gasteiger partial charge in [0.15, 0.2) is 0 Å². The fourth-order valence-electron chi connectivity index (χ4n) is 2.21. The summed E-state index contributed by atoms with van der Waals surface area (Å²) in [5.41, 5.74) is 2.10. The maximum absolute atomic E-state index is 13.1. The zero-order chi connectivity index (χ0) is 15.5. The molecule has 1 aromatic carbocycles. The lowest BCUT2D eigenvalue weighted by Gasteiger charge is -2.25. The van der Waals surface area contributed by atoms with Gasteiger partial charge in [0.1, 0.15) is 5.82 Å². The average Bonchev–Trinajstić information content (AvgIpc) is 2.80. The molecule has 1 unspecified atom stereocenters. The third-order valence-corrected chi connectivity index (χ3v) is 3.33. The van der Waals surface area contributed by atoms with E-state index < -0.39 is 0 Å². The topological polar surface area (TPSA) is 42.7 Å². The molecular weight excluding hydrogens is 267 g/mol. The van der Waals surface area contributed by atoms with Crippen LogP contribution in [0.4, 0.5) is 4.39 Å². The Balaban J connectivity index is 2.15. The molecule has 0 amide bonds. The van der Waals surface area contributed by atoms with Gasteiger partial charge in [-0.15, -0.1) is 5.10 Å². The Morgan fingerprint density at radius 2 is 1.90 bits per heavy atom. The van der Waals surface area contributed by atoms with Crippen molar-refractivity contribution < 1.29 is 4.39 Å². The molecule has 0 radical (unpaired) electrons. The van der Waals surface area contributed by atoms with Crippen LogP contribution in [-0.2, 0) is 13.5 Å². The predicted octanol–water partition coefficient (Wildman–Crippen LogP) is 2.67. The van der Waals surface area contributed by atoms with Crippen molar-refractivity contribution in [3.05, 3.63) is 47.5 Å². The summed E-state index contributed by atoms with van der Waals surface area (Å²) >= 11 is 0. The molecule has 0 aliphatic carbocycles. The predicted molar refractivity (Wildman–Crippen MR) is 81.6 cm³/mol. The molecule has 2 aromatic rings. The standard InChI is InChI=1S/C16H23FN4/c1-16(2,3)18-10-13(9-15-11-21(4)20-19-15)12-5-7-14(17)8-6-12/h5-8,11,13,18H,9-10H2,1-4H3. The molecule has 0 aliphatic heterocycles. The van der Waals surface area contributed by atoms with E-state index in [9.17, 15) is 4.39 Å². The van der Waals surface area contributed by atoms with E-state index in [1.165, 1.54) is 12.1 Å². The molecule has 0 spiro atoms. The summed E-state index contributed by atoms with van der Waals surface area (Å²) in [7, 11) is 1.86. The first-order chi connectivity index (χ1) is 9.83. The van der Waals surface area contributed by atoms with Gasteiger partial charge in [0.2, 0.25) is 0 Å². The second-order valence-electron chi connectivity index (χ2n) is 6.47. The van der Waals surface area contributed by atoms with Crippen molar-refractivity contribution in [2.45, 2.75) is 38.6 Å². The molecule has 1 aromatic heterocycles. The van der Waals surface area contributed by atoms with Gasteiger partial charge in [-0.1, -0.05) is 17.3 Å². The summed E-state index contributed by atoms with van der Waals surface area (Å²) < 4.78 is 14.8. The van der Waals surface area contributed by atoms with E-state index in [-0.39, 0.29) is 17.3 Å². The maximum Gasteiger partial charge on any atom is 0.123 e. The van der Waals surface area contributed by atoms with Gasteiger partial charge in [-0.2, -0.15) is 0 Å². The molecule has 114 valence electrons. The van der Waals surface area contributed by atoms with Crippen LogP contribution >= 0.6 is 0 Å². The monoisotopic (exact) mass is 290 g/mol. The number of nitrogens with one attached hydrogen (secondary N) is 1. The minimum atomic E-state index is -0.208.